The van der Waals surface area contributed by atoms with Crippen molar-refractivity contribution >= 4 is 27.9 Å². The molecule has 0 radical (unpaired) electrons. The van der Waals surface area contributed by atoms with Crippen LogP contribution in [-0.4, -0.2) is 22.5 Å². The normalized spacial score (nSPS) is 9.86. The van der Waals surface area contributed by atoms with E-state index in [1.807, 2.05) is 0 Å². The highest BCUT2D eigenvalue weighted by Crippen LogP contribution is 1.76. The van der Waals surface area contributed by atoms with E-state index in [4.69, 9.17) is 5.21 Å². The van der Waals surface area contributed by atoms with E-state index in [0.29, 0.717) is 0 Å². The molecule has 4 heteroatoms. The van der Waals surface area contributed by atoms with Crippen LogP contribution in [0.1, 0.15) is 0 Å². The predicted octanol–water partition coefficient (Wildman–Crippen LogP) is 0.410. The van der Waals surface area contributed by atoms with Crippen molar-refractivity contribution in [3.63, 3.8) is 0 Å². The first-order valence-corrected chi connectivity index (χ1v) is 2.69. The van der Waals surface area contributed by atoms with Gasteiger partial charge in [-0.25, -0.2) is 0 Å². The van der Waals surface area contributed by atoms with E-state index < -0.39 is 0 Å². The molecular formula is C3H4BrNO2. The van der Waals surface area contributed by atoms with Gasteiger partial charge in [0.05, 0.1) is 5.33 Å². The molecule has 0 atom stereocenters. The summed E-state index contributed by atoms with van der Waals surface area (Å²) < 4.78 is 0. The lowest BCUT2D eigenvalue weighted by molar-refractivity contribution is -0.110. The molecule has 0 amide bonds. The molecule has 0 aromatic carbocycles. The quantitative estimate of drug-likeness (QED) is 0.279. The van der Waals surface area contributed by atoms with E-state index in [2.05, 4.69) is 21.1 Å². The van der Waals surface area contributed by atoms with E-state index in [1.54, 1.807) is 0 Å². The molecule has 3 nitrogen and oxygen atoms in total. The fourth-order valence-corrected chi connectivity index (χ4v) is 0.244. The summed E-state index contributed by atoms with van der Waals surface area (Å²) in [5, 5.41) is 10.4. The van der Waals surface area contributed by atoms with Gasteiger partial charge in [0.25, 0.3) is 0 Å². The topological polar surface area (TPSA) is 49.7 Å². The Kier molecular flexibility index (Phi) is 3.59. The zero-order valence-electron chi connectivity index (χ0n) is 3.47. The molecule has 0 fully saturated rings. The van der Waals surface area contributed by atoms with Gasteiger partial charge >= 0.3 is 0 Å². The Balaban J connectivity index is 3.37. The fourth-order valence-electron chi connectivity index (χ4n) is 0.0989. The molecule has 0 aliphatic rings. The third kappa shape index (κ3) is 3.45. The van der Waals surface area contributed by atoms with E-state index in [9.17, 15) is 4.79 Å². The van der Waals surface area contributed by atoms with Crippen LogP contribution in [0.2, 0.25) is 0 Å². The lowest BCUT2D eigenvalue weighted by atomic mass is 10.5. The number of Topliss-reactive ketones (excluding diaryl/α,β-unsaturated/α-hetero) is 1. The van der Waals surface area contributed by atoms with Crippen LogP contribution in [0.15, 0.2) is 5.16 Å². The molecule has 0 aromatic heterocycles. The summed E-state index contributed by atoms with van der Waals surface area (Å²) in [6.07, 6.45) is 0.842. The van der Waals surface area contributed by atoms with Crippen LogP contribution >= 0.6 is 15.9 Å². The number of carbonyl (C=O) groups is 1. The number of halogens is 1. The van der Waals surface area contributed by atoms with Gasteiger partial charge in [0.15, 0.2) is 5.78 Å². The maximum absolute atomic E-state index is 10.1. The maximum atomic E-state index is 10.1. The summed E-state index contributed by atoms with van der Waals surface area (Å²) in [7, 11) is 0. The largest absolute Gasteiger partial charge is 0.411 e. The van der Waals surface area contributed by atoms with Crippen molar-refractivity contribution in [2.45, 2.75) is 0 Å². The van der Waals surface area contributed by atoms with Gasteiger partial charge in [-0.2, -0.15) is 0 Å². The number of oxime groups is 1. The molecule has 0 bridgehead atoms. The van der Waals surface area contributed by atoms with E-state index >= 15 is 0 Å². The number of alkyl halides is 1. The number of carbonyl (C=O) groups excluding carboxylic acids is 1. The van der Waals surface area contributed by atoms with Crippen LogP contribution in [0, 0.1) is 0 Å². The molecule has 0 aliphatic carbocycles. The van der Waals surface area contributed by atoms with Crippen molar-refractivity contribution < 1.29 is 10.0 Å². The standard InChI is InChI=1S/C3H4BrNO2/c4-1-3(6)2-5-7/h2,7H,1H2/b5-2-. The lowest BCUT2D eigenvalue weighted by Crippen LogP contribution is -1.98. The molecule has 0 rings (SSSR count). The Morgan fingerprint density at radius 2 is 2.57 bits per heavy atom. The lowest BCUT2D eigenvalue weighted by Gasteiger charge is -1.75. The highest BCUT2D eigenvalue weighted by molar-refractivity contribution is 9.09. The number of hydrogen-bond acceptors (Lipinski definition) is 3. The second kappa shape index (κ2) is 3.80. The summed E-state index contributed by atoms with van der Waals surface area (Å²) in [5.41, 5.74) is 0. The number of hydrogen-bond donors (Lipinski definition) is 1. The molecule has 0 spiro atoms. The Morgan fingerprint density at radius 1 is 2.00 bits per heavy atom. The Bertz CT molecular complexity index is 90.9. The minimum absolute atomic E-state index is 0.205. The first kappa shape index (κ1) is 6.62. The van der Waals surface area contributed by atoms with Gasteiger partial charge < -0.3 is 5.21 Å². The summed E-state index contributed by atoms with van der Waals surface area (Å²) >= 11 is 2.86. The Morgan fingerprint density at radius 3 is 2.71 bits per heavy atom. The van der Waals surface area contributed by atoms with Gasteiger partial charge in [-0.05, 0) is 0 Å². The van der Waals surface area contributed by atoms with E-state index in [-0.39, 0.29) is 11.1 Å². The smallest absolute Gasteiger partial charge is 0.187 e. The minimum atomic E-state index is -0.248. The molecule has 0 aromatic rings. The molecule has 0 unspecified atom stereocenters. The number of nitrogens with zero attached hydrogens (tertiary/aromatic N) is 1. The minimum Gasteiger partial charge on any atom is -0.411 e. The molecule has 0 heterocycles. The third-order valence-corrected chi connectivity index (χ3v) is 0.886. The van der Waals surface area contributed by atoms with Crippen molar-refractivity contribution in [3.8, 4) is 0 Å². The van der Waals surface area contributed by atoms with Crippen LogP contribution in [-0.2, 0) is 4.79 Å². The molecule has 0 aliphatic heterocycles. The van der Waals surface area contributed by atoms with Crippen molar-refractivity contribution in [3.05, 3.63) is 0 Å². The van der Waals surface area contributed by atoms with Gasteiger partial charge in [-0.15, -0.1) is 0 Å². The van der Waals surface area contributed by atoms with Crippen molar-refractivity contribution in [2.24, 2.45) is 5.16 Å². The fraction of sp³-hybridized carbons (Fsp3) is 0.333. The molecule has 40 valence electrons. The molecule has 0 saturated carbocycles. The zero-order chi connectivity index (χ0) is 5.70. The van der Waals surface area contributed by atoms with Crippen LogP contribution in [0.5, 0.6) is 0 Å². The molecule has 1 N–H and O–H groups in total. The van der Waals surface area contributed by atoms with Gasteiger partial charge in [0, 0.05) is 0 Å². The van der Waals surface area contributed by atoms with E-state index in [0.717, 1.165) is 6.21 Å². The SMILES string of the molecule is O=C(/C=N\O)CBr. The van der Waals surface area contributed by atoms with Crippen LogP contribution in [0.4, 0.5) is 0 Å². The van der Waals surface area contributed by atoms with Gasteiger partial charge in [0.2, 0.25) is 0 Å². The van der Waals surface area contributed by atoms with Crippen LogP contribution in [0.3, 0.4) is 0 Å². The predicted molar refractivity (Wildman–Crippen MR) is 29.1 cm³/mol. The third-order valence-electron chi connectivity index (χ3n) is 0.333. The highest BCUT2D eigenvalue weighted by atomic mass is 79.9. The number of rotatable bonds is 2. The first-order chi connectivity index (χ1) is 3.31. The van der Waals surface area contributed by atoms with Crippen molar-refractivity contribution in [1.29, 1.82) is 0 Å². The van der Waals surface area contributed by atoms with Crippen LogP contribution < -0.4 is 0 Å². The Labute approximate surface area is 49.1 Å². The summed E-state index contributed by atoms with van der Waals surface area (Å²) in [4.78, 5) is 10.1. The van der Waals surface area contributed by atoms with Gasteiger partial charge in [0.1, 0.15) is 6.21 Å². The monoisotopic (exact) mass is 165 g/mol. The summed E-state index contributed by atoms with van der Waals surface area (Å²) in [6, 6.07) is 0. The van der Waals surface area contributed by atoms with Crippen molar-refractivity contribution in [1.82, 2.24) is 0 Å². The second-order valence-electron chi connectivity index (χ2n) is 0.845. The molecular weight excluding hydrogens is 162 g/mol. The number of ketones is 1. The van der Waals surface area contributed by atoms with Crippen LogP contribution in [0.25, 0.3) is 0 Å². The highest BCUT2D eigenvalue weighted by Gasteiger charge is 1.88. The van der Waals surface area contributed by atoms with Gasteiger partial charge in [-0.1, -0.05) is 21.1 Å². The second-order valence-corrected chi connectivity index (χ2v) is 1.41. The Hall–Kier alpha value is -0.380. The van der Waals surface area contributed by atoms with Crippen molar-refractivity contribution in [2.75, 3.05) is 5.33 Å². The summed E-state index contributed by atoms with van der Waals surface area (Å²) in [5.74, 6) is -0.248. The first-order valence-electron chi connectivity index (χ1n) is 1.57. The average molecular weight is 166 g/mol. The average Bonchev–Trinajstić information content (AvgIpc) is 1.68. The molecule has 7 heavy (non-hydrogen) atoms. The summed E-state index contributed by atoms with van der Waals surface area (Å²) in [6.45, 7) is 0. The van der Waals surface area contributed by atoms with Gasteiger partial charge in [-0.3, -0.25) is 4.79 Å². The zero-order valence-corrected chi connectivity index (χ0v) is 5.05. The molecule has 0 saturated heterocycles. The van der Waals surface area contributed by atoms with E-state index in [1.165, 1.54) is 0 Å². The maximum Gasteiger partial charge on any atom is 0.187 e.